The fraction of sp³-hybridized carbons (Fsp3) is 0.0556. The standard InChI is InChI=1S/C18H12Cl2N2O3/c1-25-18(24)16-5-3-2-4-11(16)6-12(10-21)17(23)22-15-8-13(19)7-14(20)9-15/h2-9H,1H3,(H,22,23)/b12-6+. The van der Waals surface area contributed by atoms with Crippen LogP contribution in [0.1, 0.15) is 15.9 Å². The number of anilines is 1. The normalized spacial score (nSPS) is 10.7. The molecule has 1 N–H and O–H groups in total. The van der Waals surface area contributed by atoms with Crippen LogP contribution in [0.25, 0.3) is 6.08 Å². The van der Waals surface area contributed by atoms with Gasteiger partial charge in [0.15, 0.2) is 0 Å². The topological polar surface area (TPSA) is 79.2 Å². The molecule has 2 rings (SSSR count). The number of carbonyl (C=O) groups is 2. The summed E-state index contributed by atoms with van der Waals surface area (Å²) in [7, 11) is 1.25. The number of hydrogen-bond donors (Lipinski definition) is 1. The Labute approximate surface area is 154 Å². The SMILES string of the molecule is COC(=O)c1ccccc1/C=C(\C#N)C(=O)Nc1cc(Cl)cc(Cl)c1. The summed E-state index contributed by atoms with van der Waals surface area (Å²) in [5.74, 6) is -1.22. The first kappa shape index (κ1) is 18.5. The largest absolute Gasteiger partial charge is 0.465 e. The van der Waals surface area contributed by atoms with Gasteiger partial charge in [0.2, 0.25) is 0 Å². The van der Waals surface area contributed by atoms with Gasteiger partial charge in [-0.05, 0) is 35.9 Å². The average Bonchev–Trinajstić information content (AvgIpc) is 2.58. The second-order valence-electron chi connectivity index (χ2n) is 4.86. The Morgan fingerprint density at radius 3 is 2.40 bits per heavy atom. The van der Waals surface area contributed by atoms with Crippen LogP contribution in [0.15, 0.2) is 48.0 Å². The molecule has 0 aromatic heterocycles. The average molecular weight is 375 g/mol. The first-order valence-electron chi connectivity index (χ1n) is 7.01. The molecule has 0 unspecified atom stereocenters. The van der Waals surface area contributed by atoms with Crippen molar-refractivity contribution in [3.05, 3.63) is 69.2 Å². The van der Waals surface area contributed by atoms with Gasteiger partial charge >= 0.3 is 5.97 Å². The summed E-state index contributed by atoms with van der Waals surface area (Å²) in [6.07, 6.45) is 1.31. The van der Waals surface area contributed by atoms with Crippen LogP contribution in [0.2, 0.25) is 10.0 Å². The van der Waals surface area contributed by atoms with Crippen molar-refractivity contribution in [2.45, 2.75) is 0 Å². The zero-order valence-corrected chi connectivity index (χ0v) is 14.6. The number of nitriles is 1. The lowest BCUT2D eigenvalue weighted by molar-refractivity contribution is -0.112. The fourth-order valence-corrected chi connectivity index (χ4v) is 2.57. The van der Waals surface area contributed by atoms with E-state index in [0.717, 1.165) is 0 Å². The minimum atomic E-state index is -0.652. The molecule has 0 radical (unpaired) electrons. The summed E-state index contributed by atoms with van der Waals surface area (Å²) in [6, 6.07) is 12.8. The molecule has 0 spiro atoms. The zero-order valence-electron chi connectivity index (χ0n) is 13.0. The van der Waals surface area contributed by atoms with Crippen molar-refractivity contribution in [2.75, 3.05) is 12.4 Å². The Bertz CT molecular complexity index is 881. The third-order valence-corrected chi connectivity index (χ3v) is 3.59. The summed E-state index contributed by atoms with van der Waals surface area (Å²) >= 11 is 11.8. The molecule has 2 aromatic rings. The number of ether oxygens (including phenoxy) is 1. The van der Waals surface area contributed by atoms with Crippen LogP contribution in [0.5, 0.6) is 0 Å². The Morgan fingerprint density at radius 1 is 1.16 bits per heavy atom. The van der Waals surface area contributed by atoms with Crippen LogP contribution in [-0.2, 0) is 9.53 Å². The Kier molecular flexibility index (Phi) is 6.18. The predicted octanol–water partition coefficient (Wildman–Crippen LogP) is 4.33. The van der Waals surface area contributed by atoms with Gasteiger partial charge in [-0.2, -0.15) is 5.26 Å². The number of hydrogen-bond acceptors (Lipinski definition) is 4. The molecule has 25 heavy (non-hydrogen) atoms. The van der Waals surface area contributed by atoms with E-state index in [9.17, 15) is 14.9 Å². The first-order valence-corrected chi connectivity index (χ1v) is 7.76. The minimum absolute atomic E-state index is 0.188. The molecule has 0 aliphatic heterocycles. The molecular weight excluding hydrogens is 363 g/mol. The summed E-state index contributed by atoms with van der Waals surface area (Å²) in [4.78, 5) is 24.1. The van der Waals surface area contributed by atoms with Crippen LogP contribution >= 0.6 is 23.2 Å². The summed E-state index contributed by atoms with van der Waals surface area (Å²) < 4.78 is 4.69. The van der Waals surface area contributed by atoms with Gasteiger partial charge in [-0.1, -0.05) is 41.4 Å². The number of rotatable bonds is 4. The van der Waals surface area contributed by atoms with Crippen LogP contribution in [0.3, 0.4) is 0 Å². The second-order valence-corrected chi connectivity index (χ2v) is 5.73. The van der Waals surface area contributed by atoms with Crippen LogP contribution < -0.4 is 5.32 Å². The maximum atomic E-state index is 12.3. The lowest BCUT2D eigenvalue weighted by Crippen LogP contribution is -2.14. The molecule has 0 fully saturated rings. The third-order valence-electron chi connectivity index (χ3n) is 3.15. The van der Waals surface area contributed by atoms with Gasteiger partial charge in [-0.25, -0.2) is 4.79 Å². The molecule has 0 saturated heterocycles. The van der Waals surface area contributed by atoms with Crippen molar-refractivity contribution in [3.8, 4) is 6.07 Å². The lowest BCUT2D eigenvalue weighted by Gasteiger charge is -2.07. The number of methoxy groups -OCH3 is 1. The molecule has 0 aliphatic carbocycles. The molecular formula is C18H12Cl2N2O3. The van der Waals surface area contributed by atoms with Gasteiger partial charge in [-0.3, -0.25) is 4.79 Å². The van der Waals surface area contributed by atoms with Gasteiger partial charge in [-0.15, -0.1) is 0 Å². The molecule has 2 aromatic carbocycles. The molecule has 0 atom stereocenters. The monoisotopic (exact) mass is 374 g/mol. The van der Waals surface area contributed by atoms with Crippen molar-refractivity contribution in [1.82, 2.24) is 0 Å². The van der Waals surface area contributed by atoms with E-state index >= 15 is 0 Å². The maximum absolute atomic E-state index is 12.3. The van der Waals surface area contributed by atoms with E-state index in [-0.39, 0.29) is 11.1 Å². The molecule has 5 nitrogen and oxygen atoms in total. The Hall–Kier alpha value is -2.81. The van der Waals surface area contributed by atoms with Gasteiger partial charge < -0.3 is 10.1 Å². The van der Waals surface area contributed by atoms with Crippen molar-refractivity contribution in [2.24, 2.45) is 0 Å². The third kappa shape index (κ3) is 4.83. The molecule has 1 amide bonds. The van der Waals surface area contributed by atoms with Gasteiger partial charge in [0.25, 0.3) is 5.91 Å². The highest BCUT2D eigenvalue weighted by atomic mass is 35.5. The lowest BCUT2D eigenvalue weighted by atomic mass is 10.0. The van der Waals surface area contributed by atoms with Crippen molar-refractivity contribution in [1.29, 1.82) is 5.26 Å². The number of nitrogens with zero attached hydrogens (tertiary/aromatic N) is 1. The van der Waals surface area contributed by atoms with Crippen LogP contribution in [0, 0.1) is 11.3 Å². The first-order chi connectivity index (χ1) is 11.9. The predicted molar refractivity (Wildman–Crippen MR) is 96.5 cm³/mol. The molecule has 0 aliphatic rings. The van der Waals surface area contributed by atoms with E-state index in [1.54, 1.807) is 24.3 Å². The Morgan fingerprint density at radius 2 is 1.80 bits per heavy atom. The quantitative estimate of drug-likeness (QED) is 0.490. The van der Waals surface area contributed by atoms with Crippen molar-refractivity contribution >= 4 is 46.8 Å². The number of benzene rings is 2. The number of halogens is 2. The fourth-order valence-electron chi connectivity index (χ4n) is 2.05. The number of amides is 1. The molecule has 0 heterocycles. The number of carbonyl (C=O) groups excluding carboxylic acids is 2. The van der Waals surface area contributed by atoms with Gasteiger partial charge in [0.1, 0.15) is 11.6 Å². The molecule has 0 saturated carbocycles. The highest BCUT2D eigenvalue weighted by Gasteiger charge is 2.14. The van der Waals surface area contributed by atoms with Gasteiger partial charge in [0.05, 0.1) is 12.7 Å². The van der Waals surface area contributed by atoms with Crippen LogP contribution in [0.4, 0.5) is 5.69 Å². The van der Waals surface area contributed by atoms with Crippen molar-refractivity contribution in [3.63, 3.8) is 0 Å². The van der Waals surface area contributed by atoms with E-state index in [1.807, 2.05) is 6.07 Å². The number of nitrogens with one attached hydrogen (secondary N) is 1. The van der Waals surface area contributed by atoms with E-state index in [0.29, 0.717) is 21.3 Å². The van der Waals surface area contributed by atoms with E-state index in [2.05, 4.69) is 5.32 Å². The summed E-state index contributed by atoms with van der Waals surface area (Å²) in [5.41, 5.74) is 0.805. The minimum Gasteiger partial charge on any atom is -0.465 e. The highest BCUT2D eigenvalue weighted by molar-refractivity contribution is 6.35. The second kappa shape index (κ2) is 8.34. The zero-order chi connectivity index (χ0) is 18.4. The Balaban J connectivity index is 2.33. The smallest absolute Gasteiger partial charge is 0.338 e. The molecule has 7 heteroatoms. The summed E-state index contributed by atoms with van der Waals surface area (Å²) in [6.45, 7) is 0. The maximum Gasteiger partial charge on any atom is 0.338 e. The van der Waals surface area contributed by atoms with Crippen molar-refractivity contribution < 1.29 is 14.3 Å². The van der Waals surface area contributed by atoms with Gasteiger partial charge in [0, 0.05) is 15.7 Å². The van der Waals surface area contributed by atoms with Crippen LogP contribution in [-0.4, -0.2) is 19.0 Å². The summed E-state index contributed by atoms with van der Waals surface area (Å²) in [5, 5.41) is 12.5. The van der Waals surface area contributed by atoms with E-state index in [1.165, 1.54) is 31.4 Å². The highest BCUT2D eigenvalue weighted by Crippen LogP contribution is 2.23. The molecule has 0 bridgehead atoms. The van der Waals surface area contributed by atoms with E-state index in [4.69, 9.17) is 27.9 Å². The molecule has 126 valence electrons. The number of esters is 1. The van der Waals surface area contributed by atoms with E-state index < -0.39 is 11.9 Å².